The fourth-order valence-electron chi connectivity index (χ4n) is 2.18. The predicted octanol–water partition coefficient (Wildman–Crippen LogP) is 1.11. The largest absolute Gasteiger partial charge is 0.214 e. The minimum atomic E-state index is -3.03. The molecule has 1 N–H and O–H groups in total. The van der Waals surface area contributed by atoms with E-state index in [0.29, 0.717) is 0 Å². The van der Waals surface area contributed by atoms with Crippen molar-refractivity contribution in [3.8, 4) is 0 Å². The maximum Gasteiger partial charge on any atom is 0.214 e. The summed E-state index contributed by atoms with van der Waals surface area (Å²) in [7, 11) is -3.03. The Kier molecular flexibility index (Phi) is 2.15. The second kappa shape index (κ2) is 2.95. The van der Waals surface area contributed by atoms with E-state index in [2.05, 4.69) is 4.72 Å². The second-order valence-electron chi connectivity index (χ2n) is 4.64. The standard InChI is InChI=1S/C9H17NO2S/c1-6(2)13(11,12)10-9-4-7-3-8(7)5-9/h6-10H,3-5H2,1-2H3. The van der Waals surface area contributed by atoms with Crippen LogP contribution in [0.3, 0.4) is 0 Å². The Morgan fingerprint density at radius 3 is 2.15 bits per heavy atom. The van der Waals surface area contributed by atoms with Gasteiger partial charge in [-0.25, -0.2) is 13.1 Å². The Labute approximate surface area is 80.0 Å². The summed E-state index contributed by atoms with van der Waals surface area (Å²) in [6, 6.07) is 0.233. The van der Waals surface area contributed by atoms with Crippen molar-refractivity contribution in [3.63, 3.8) is 0 Å². The third-order valence-electron chi connectivity index (χ3n) is 3.20. The Balaban J connectivity index is 1.91. The molecular formula is C9H17NO2S. The lowest BCUT2D eigenvalue weighted by atomic mass is 10.2. The van der Waals surface area contributed by atoms with Crippen LogP contribution in [-0.2, 0) is 10.0 Å². The maximum absolute atomic E-state index is 11.5. The zero-order chi connectivity index (χ0) is 9.64. The molecule has 2 fully saturated rings. The Morgan fingerprint density at radius 1 is 1.15 bits per heavy atom. The summed E-state index contributed by atoms with van der Waals surface area (Å²) in [5.41, 5.74) is 0. The normalized spacial score (nSPS) is 37.9. The van der Waals surface area contributed by atoms with Gasteiger partial charge in [0.2, 0.25) is 10.0 Å². The molecule has 0 spiro atoms. The van der Waals surface area contributed by atoms with Crippen molar-refractivity contribution >= 4 is 10.0 Å². The quantitative estimate of drug-likeness (QED) is 0.747. The van der Waals surface area contributed by atoms with Crippen molar-refractivity contribution in [1.29, 1.82) is 0 Å². The molecule has 0 radical (unpaired) electrons. The van der Waals surface area contributed by atoms with Crippen molar-refractivity contribution in [3.05, 3.63) is 0 Å². The van der Waals surface area contributed by atoms with E-state index in [1.165, 1.54) is 6.42 Å². The average Bonchev–Trinajstić information content (AvgIpc) is 2.58. The molecule has 2 rings (SSSR count). The van der Waals surface area contributed by atoms with E-state index < -0.39 is 10.0 Å². The lowest BCUT2D eigenvalue weighted by Gasteiger charge is -2.16. The van der Waals surface area contributed by atoms with E-state index in [0.717, 1.165) is 24.7 Å². The molecule has 2 unspecified atom stereocenters. The first-order chi connectivity index (χ1) is 5.99. The minimum Gasteiger partial charge on any atom is -0.212 e. The van der Waals surface area contributed by atoms with Crippen molar-refractivity contribution in [1.82, 2.24) is 4.72 Å². The Bertz CT molecular complexity index is 287. The van der Waals surface area contributed by atoms with Crippen molar-refractivity contribution < 1.29 is 8.42 Å². The SMILES string of the molecule is CC(C)S(=O)(=O)NC1CC2CC2C1. The Morgan fingerprint density at radius 2 is 1.69 bits per heavy atom. The predicted molar refractivity (Wildman–Crippen MR) is 51.8 cm³/mol. The molecule has 0 aromatic carbocycles. The number of nitrogens with one attached hydrogen (secondary N) is 1. The monoisotopic (exact) mass is 203 g/mol. The van der Waals surface area contributed by atoms with Crippen LogP contribution in [0.2, 0.25) is 0 Å². The van der Waals surface area contributed by atoms with Gasteiger partial charge in [-0.05, 0) is 44.9 Å². The summed E-state index contributed by atoms with van der Waals surface area (Å²) in [5, 5.41) is -0.301. The highest BCUT2D eigenvalue weighted by Gasteiger charge is 2.46. The van der Waals surface area contributed by atoms with Crippen molar-refractivity contribution in [2.45, 2.75) is 44.4 Å². The number of fused-ring (bicyclic) bond motifs is 1. The maximum atomic E-state index is 11.5. The molecule has 13 heavy (non-hydrogen) atoms. The molecule has 2 aliphatic rings. The summed E-state index contributed by atoms with van der Waals surface area (Å²) in [4.78, 5) is 0. The minimum absolute atomic E-state index is 0.233. The molecule has 0 saturated heterocycles. The van der Waals surface area contributed by atoms with Crippen molar-refractivity contribution in [2.75, 3.05) is 0 Å². The number of sulfonamides is 1. The van der Waals surface area contributed by atoms with Crippen LogP contribution in [0.15, 0.2) is 0 Å². The van der Waals surface area contributed by atoms with Gasteiger partial charge < -0.3 is 0 Å². The zero-order valence-corrected chi connectivity index (χ0v) is 8.97. The van der Waals surface area contributed by atoms with Crippen LogP contribution in [0.4, 0.5) is 0 Å². The molecule has 0 heterocycles. The van der Waals surface area contributed by atoms with Gasteiger partial charge >= 0.3 is 0 Å². The highest BCUT2D eigenvalue weighted by atomic mass is 32.2. The fraction of sp³-hybridized carbons (Fsp3) is 1.00. The fourth-order valence-corrected chi connectivity index (χ4v) is 3.11. The highest BCUT2D eigenvalue weighted by molar-refractivity contribution is 7.90. The van der Waals surface area contributed by atoms with Crippen LogP contribution in [0, 0.1) is 11.8 Å². The molecule has 2 atom stereocenters. The average molecular weight is 203 g/mol. The molecule has 2 saturated carbocycles. The van der Waals surface area contributed by atoms with Gasteiger partial charge in [0.15, 0.2) is 0 Å². The van der Waals surface area contributed by atoms with Crippen molar-refractivity contribution in [2.24, 2.45) is 11.8 Å². The van der Waals surface area contributed by atoms with E-state index in [4.69, 9.17) is 0 Å². The number of hydrogen-bond donors (Lipinski definition) is 1. The van der Waals surface area contributed by atoms with Crippen LogP contribution in [0.25, 0.3) is 0 Å². The summed E-state index contributed by atoms with van der Waals surface area (Å²) in [5.74, 6) is 1.67. The summed E-state index contributed by atoms with van der Waals surface area (Å²) in [6.07, 6.45) is 3.47. The Hall–Kier alpha value is -0.0900. The molecule has 0 amide bonds. The molecule has 0 bridgehead atoms. The lowest BCUT2D eigenvalue weighted by Crippen LogP contribution is -2.38. The van der Waals surface area contributed by atoms with Gasteiger partial charge in [-0.15, -0.1) is 0 Å². The first-order valence-electron chi connectivity index (χ1n) is 5.00. The molecule has 0 aromatic heterocycles. The highest BCUT2D eigenvalue weighted by Crippen LogP contribution is 2.51. The van der Waals surface area contributed by atoms with Gasteiger partial charge in [0.05, 0.1) is 5.25 Å². The van der Waals surface area contributed by atoms with E-state index in [9.17, 15) is 8.42 Å². The number of hydrogen-bond acceptors (Lipinski definition) is 2. The van der Waals surface area contributed by atoms with Gasteiger partial charge in [0.1, 0.15) is 0 Å². The molecular weight excluding hydrogens is 186 g/mol. The lowest BCUT2D eigenvalue weighted by molar-refractivity contribution is 0.521. The van der Waals surface area contributed by atoms with E-state index in [-0.39, 0.29) is 11.3 Å². The topological polar surface area (TPSA) is 46.2 Å². The van der Waals surface area contributed by atoms with Crippen LogP contribution in [0.5, 0.6) is 0 Å². The second-order valence-corrected chi connectivity index (χ2v) is 6.90. The molecule has 2 aliphatic carbocycles. The zero-order valence-electron chi connectivity index (χ0n) is 8.16. The summed E-state index contributed by atoms with van der Waals surface area (Å²) >= 11 is 0. The van der Waals surface area contributed by atoms with Gasteiger partial charge in [-0.3, -0.25) is 0 Å². The first kappa shape index (κ1) is 9.46. The molecule has 3 nitrogen and oxygen atoms in total. The number of rotatable bonds is 3. The summed E-state index contributed by atoms with van der Waals surface area (Å²) in [6.45, 7) is 3.44. The van der Waals surface area contributed by atoms with E-state index >= 15 is 0 Å². The van der Waals surface area contributed by atoms with Gasteiger partial charge in [-0.1, -0.05) is 0 Å². The molecule has 0 aromatic rings. The molecule has 0 aliphatic heterocycles. The first-order valence-corrected chi connectivity index (χ1v) is 6.55. The van der Waals surface area contributed by atoms with Crippen LogP contribution < -0.4 is 4.72 Å². The smallest absolute Gasteiger partial charge is 0.212 e. The van der Waals surface area contributed by atoms with Crippen LogP contribution >= 0.6 is 0 Å². The molecule has 4 heteroatoms. The van der Waals surface area contributed by atoms with Gasteiger partial charge in [0, 0.05) is 6.04 Å². The van der Waals surface area contributed by atoms with E-state index in [1.54, 1.807) is 13.8 Å². The van der Waals surface area contributed by atoms with Gasteiger partial charge in [0.25, 0.3) is 0 Å². The molecule has 76 valence electrons. The third kappa shape index (κ3) is 1.89. The van der Waals surface area contributed by atoms with Crippen LogP contribution in [0.1, 0.15) is 33.1 Å². The van der Waals surface area contributed by atoms with Crippen LogP contribution in [-0.4, -0.2) is 19.7 Å². The third-order valence-corrected chi connectivity index (χ3v) is 5.10. The summed E-state index contributed by atoms with van der Waals surface area (Å²) < 4.78 is 25.8. The van der Waals surface area contributed by atoms with E-state index in [1.807, 2.05) is 0 Å². The van der Waals surface area contributed by atoms with Gasteiger partial charge in [-0.2, -0.15) is 0 Å².